The number of thioether (sulfide) groups is 1. The number of rotatable bonds is 2. The zero-order valence-corrected chi connectivity index (χ0v) is 12.1. The van der Waals surface area contributed by atoms with Crippen LogP contribution in [-0.4, -0.2) is 48.2 Å². The number of thiophene rings is 1. The first-order chi connectivity index (χ1) is 8.88. The topological polar surface area (TPSA) is 39.7 Å². The van der Waals surface area contributed by atoms with Gasteiger partial charge in [0.25, 0.3) is 0 Å². The molecule has 0 aromatic carbocycles. The monoisotopic (exact) mass is 282 g/mol. The fraction of sp³-hybridized carbons (Fsp3) is 0.583. The maximum Gasteiger partial charge on any atom is 0.169 e. The number of hydrogen-bond donors (Lipinski definition) is 2. The van der Waals surface area contributed by atoms with E-state index in [9.17, 15) is 0 Å². The first kappa shape index (κ1) is 12.3. The van der Waals surface area contributed by atoms with Crippen molar-refractivity contribution in [2.45, 2.75) is 12.4 Å². The highest BCUT2D eigenvalue weighted by Crippen LogP contribution is 2.32. The van der Waals surface area contributed by atoms with E-state index in [1.54, 1.807) is 11.3 Å². The molecule has 6 heteroatoms. The summed E-state index contributed by atoms with van der Waals surface area (Å²) in [6.45, 7) is 6.40. The van der Waals surface area contributed by atoms with Crippen molar-refractivity contribution in [1.29, 1.82) is 0 Å². The Bertz CT molecular complexity index is 437. The smallest absolute Gasteiger partial charge is 0.169 e. The minimum atomic E-state index is 0.169. The lowest BCUT2D eigenvalue weighted by molar-refractivity contribution is 0.357. The van der Waals surface area contributed by atoms with E-state index in [1.807, 2.05) is 11.8 Å². The van der Waals surface area contributed by atoms with Crippen molar-refractivity contribution in [3.05, 3.63) is 16.3 Å². The van der Waals surface area contributed by atoms with E-state index in [4.69, 9.17) is 4.99 Å². The molecule has 4 nitrogen and oxygen atoms in total. The molecule has 3 rings (SSSR count). The SMILES string of the molecule is CCSC1N=C(N2CCNCC2)c2sccc2N1. The molecule has 1 unspecified atom stereocenters. The van der Waals surface area contributed by atoms with Crippen LogP contribution in [0.2, 0.25) is 0 Å². The van der Waals surface area contributed by atoms with Crippen molar-refractivity contribution in [3.63, 3.8) is 0 Å². The van der Waals surface area contributed by atoms with Crippen LogP contribution < -0.4 is 10.6 Å². The van der Waals surface area contributed by atoms with Gasteiger partial charge in [0.05, 0.1) is 10.6 Å². The molecule has 2 aliphatic heterocycles. The number of piperazine rings is 1. The Kier molecular flexibility index (Phi) is 3.77. The molecule has 3 heterocycles. The lowest BCUT2D eigenvalue weighted by Crippen LogP contribution is -2.47. The molecule has 1 saturated heterocycles. The standard InChI is InChI=1S/C12H18N4S2/c1-2-17-12-14-9-3-8-18-10(9)11(15-12)16-6-4-13-5-7-16/h3,8,12-14H,2,4-7H2,1H3. The van der Waals surface area contributed by atoms with E-state index < -0.39 is 0 Å². The summed E-state index contributed by atoms with van der Waals surface area (Å²) in [6.07, 6.45) is 0. The Hall–Kier alpha value is -0.720. The molecule has 1 aromatic heterocycles. The summed E-state index contributed by atoms with van der Waals surface area (Å²) in [5, 5.41) is 9.03. The highest BCUT2D eigenvalue weighted by atomic mass is 32.2. The maximum absolute atomic E-state index is 4.89. The number of hydrogen-bond acceptors (Lipinski definition) is 6. The molecule has 0 bridgehead atoms. The zero-order chi connectivity index (χ0) is 12.4. The van der Waals surface area contributed by atoms with Gasteiger partial charge in [-0.05, 0) is 17.2 Å². The number of nitrogens with zero attached hydrogens (tertiary/aromatic N) is 2. The average molecular weight is 282 g/mol. The van der Waals surface area contributed by atoms with Crippen LogP contribution in [0, 0.1) is 0 Å². The number of amidine groups is 1. The number of nitrogens with one attached hydrogen (secondary N) is 2. The summed E-state index contributed by atoms with van der Waals surface area (Å²) in [7, 11) is 0. The third kappa shape index (κ3) is 2.37. The minimum absolute atomic E-state index is 0.169. The first-order valence-corrected chi connectivity index (χ1v) is 8.31. The van der Waals surface area contributed by atoms with E-state index >= 15 is 0 Å². The van der Waals surface area contributed by atoms with E-state index in [0.717, 1.165) is 31.9 Å². The van der Waals surface area contributed by atoms with Crippen LogP contribution in [0.1, 0.15) is 11.8 Å². The van der Waals surface area contributed by atoms with E-state index in [2.05, 4.69) is 33.9 Å². The Labute approximate surface area is 116 Å². The van der Waals surface area contributed by atoms with E-state index in [0.29, 0.717) is 0 Å². The van der Waals surface area contributed by atoms with E-state index in [1.165, 1.54) is 16.4 Å². The van der Waals surface area contributed by atoms with Crippen molar-refractivity contribution >= 4 is 34.6 Å². The average Bonchev–Trinajstić information content (AvgIpc) is 2.87. The van der Waals surface area contributed by atoms with Crippen LogP contribution in [0.5, 0.6) is 0 Å². The fourth-order valence-corrected chi connectivity index (χ4v) is 3.85. The van der Waals surface area contributed by atoms with Gasteiger partial charge in [-0.2, -0.15) is 0 Å². The van der Waals surface area contributed by atoms with Gasteiger partial charge in [-0.15, -0.1) is 23.1 Å². The molecule has 0 saturated carbocycles. The van der Waals surface area contributed by atoms with Gasteiger partial charge in [0.1, 0.15) is 5.84 Å². The first-order valence-electron chi connectivity index (χ1n) is 6.38. The summed E-state index contributed by atoms with van der Waals surface area (Å²) >= 11 is 3.63. The lowest BCUT2D eigenvalue weighted by Gasteiger charge is -2.33. The van der Waals surface area contributed by atoms with Crippen LogP contribution in [0.4, 0.5) is 5.69 Å². The van der Waals surface area contributed by atoms with Crippen LogP contribution >= 0.6 is 23.1 Å². The van der Waals surface area contributed by atoms with Crippen molar-refractivity contribution in [2.24, 2.45) is 4.99 Å². The second-order valence-electron chi connectivity index (χ2n) is 4.31. The van der Waals surface area contributed by atoms with Crippen LogP contribution in [0.15, 0.2) is 16.4 Å². The third-order valence-corrected chi connectivity index (χ3v) is 4.91. The van der Waals surface area contributed by atoms with Crippen molar-refractivity contribution in [1.82, 2.24) is 10.2 Å². The molecule has 0 aliphatic carbocycles. The van der Waals surface area contributed by atoms with Gasteiger partial charge < -0.3 is 15.5 Å². The lowest BCUT2D eigenvalue weighted by atomic mass is 10.2. The Morgan fingerprint density at radius 2 is 2.33 bits per heavy atom. The molecule has 0 spiro atoms. The largest absolute Gasteiger partial charge is 0.354 e. The second-order valence-corrected chi connectivity index (χ2v) is 6.58. The number of fused-ring (bicyclic) bond motifs is 1. The molecule has 0 radical (unpaired) electrons. The summed E-state index contributed by atoms with van der Waals surface area (Å²) in [5.74, 6) is 2.27. The Morgan fingerprint density at radius 3 is 3.11 bits per heavy atom. The normalized spacial score (nSPS) is 23.3. The Balaban J connectivity index is 1.88. The third-order valence-electron chi connectivity index (χ3n) is 3.13. The predicted octanol–water partition coefficient (Wildman–Crippen LogP) is 1.86. The van der Waals surface area contributed by atoms with Crippen LogP contribution in [0.3, 0.4) is 0 Å². The molecule has 2 N–H and O–H groups in total. The zero-order valence-electron chi connectivity index (χ0n) is 10.5. The molecule has 2 aliphatic rings. The van der Waals surface area contributed by atoms with Gasteiger partial charge >= 0.3 is 0 Å². The van der Waals surface area contributed by atoms with Gasteiger partial charge in [-0.1, -0.05) is 6.92 Å². The number of aliphatic imine (C=N–C) groups is 1. The van der Waals surface area contributed by atoms with Gasteiger partial charge in [0, 0.05) is 26.2 Å². The molecule has 1 atom stereocenters. The summed E-state index contributed by atoms with van der Waals surface area (Å²) in [5.41, 5.74) is 1.41. The maximum atomic E-state index is 4.89. The molecular formula is C12H18N4S2. The highest BCUT2D eigenvalue weighted by Gasteiger charge is 2.26. The fourth-order valence-electron chi connectivity index (χ4n) is 2.27. The predicted molar refractivity (Wildman–Crippen MR) is 80.8 cm³/mol. The van der Waals surface area contributed by atoms with Gasteiger partial charge in [-0.3, -0.25) is 0 Å². The molecule has 1 aromatic rings. The van der Waals surface area contributed by atoms with Crippen LogP contribution in [0.25, 0.3) is 0 Å². The van der Waals surface area contributed by atoms with Crippen molar-refractivity contribution < 1.29 is 0 Å². The molecule has 18 heavy (non-hydrogen) atoms. The molecular weight excluding hydrogens is 264 g/mol. The van der Waals surface area contributed by atoms with Gasteiger partial charge in [0.15, 0.2) is 5.50 Å². The summed E-state index contributed by atoms with van der Waals surface area (Å²) in [6, 6.07) is 2.17. The number of anilines is 1. The highest BCUT2D eigenvalue weighted by molar-refractivity contribution is 7.99. The Morgan fingerprint density at radius 1 is 1.50 bits per heavy atom. The van der Waals surface area contributed by atoms with Gasteiger partial charge in [0.2, 0.25) is 0 Å². The molecule has 0 amide bonds. The van der Waals surface area contributed by atoms with Gasteiger partial charge in [-0.25, -0.2) is 4.99 Å². The summed E-state index contributed by atoms with van der Waals surface area (Å²) in [4.78, 5) is 8.59. The van der Waals surface area contributed by atoms with Crippen molar-refractivity contribution in [3.8, 4) is 0 Å². The second kappa shape index (κ2) is 5.50. The molecule has 98 valence electrons. The minimum Gasteiger partial charge on any atom is -0.354 e. The van der Waals surface area contributed by atoms with E-state index in [-0.39, 0.29) is 5.50 Å². The van der Waals surface area contributed by atoms with Crippen LogP contribution in [-0.2, 0) is 0 Å². The molecule has 1 fully saturated rings. The summed E-state index contributed by atoms with van der Waals surface area (Å²) < 4.78 is 0. The quantitative estimate of drug-likeness (QED) is 0.868. The van der Waals surface area contributed by atoms with Crippen molar-refractivity contribution in [2.75, 3.05) is 37.2 Å².